The van der Waals surface area contributed by atoms with Gasteiger partial charge < -0.3 is 19.4 Å². The van der Waals surface area contributed by atoms with E-state index in [-0.39, 0.29) is 0 Å². The van der Waals surface area contributed by atoms with Gasteiger partial charge in [0.15, 0.2) is 0 Å². The number of hydrogen-bond donors (Lipinski definition) is 2. The molecule has 1 heterocycles. The summed E-state index contributed by atoms with van der Waals surface area (Å²) in [6.07, 6.45) is 3.25. The van der Waals surface area contributed by atoms with Crippen LogP contribution in [0.15, 0.2) is 29.1 Å². The molecule has 0 spiro atoms. The van der Waals surface area contributed by atoms with Gasteiger partial charge in [-0.25, -0.2) is 0 Å². The molecule has 12 heavy (non-hydrogen) atoms. The third-order valence-electron chi connectivity index (χ3n) is 0.425. The van der Waals surface area contributed by atoms with Crippen molar-refractivity contribution in [1.82, 2.24) is 0 Å². The zero-order chi connectivity index (χ0) is 10.2. The van der Waals surface area contributed by atoms with Crippen molar-refractivity contribution in [3.8, 4) is 0 Å². The lowest BCUT2D eigenvalue weighted by Crippen LogP contribution is -1.55. The average molecular weight is 178 g/mol. The van der Waals surface area contributed by atoms with E-state index in [1.54, 1.807) is 26.7 Å². The third kappa shape index (κ3) is 35.2. The molecule has 0 aliphatic carbocycles. The van der Waals surface area contributed by atoms with E-state index < -0.39 is 0 Å². The average Bonchev–Trinajstić information content (AvgIpc) is 2.69. The van der Waals surface area contributed by atoms with Crippen LogP contribution in [0.4, 0.5) is 0 Å². The number of rotatable bonds is 0. The predicted molar refractivity (Wildman–Crippen MR) is 47.9 cm³/mol. The van der Waals surface area contributed by atoms with E-state index in [9.17, 15) is 0 Å². The molecular weight excluding hydrogens is 160 g/mol. The van der Waals surface area contributed by atoms with Gasteiger partial charge in [-0.1, -0.05) is 0 Å². The summed E-state index contributed by atoms with van der Waals surface area (Å²) in [7, 11) is 5.25. The number of methoxy groups -OCH3 is 1. The Labute approximate surface area is 73.4 Å². The molecule has 4 heteroatoms. The smallest absolute Gasteiger partial charge is 0.0902 e. The van der Waals surface area contributed by atoms with Gasteiger partial charge in [-0.05, 0) is 12.1 Å². The minimum Gasteiger partial charge on any atom is -0.473 e. The van der Waals surface area contributed by atoms with Crippen LogP contribution < -0.4 is 0 Å². The standard InChI is InChI=1S/C4H4O.C2H6O.2CH4O/c1-2-4-5-3-1;1-3-2;2*1-2/h1-4H;1-2H3;2*2H,1H3. The van der Waals surface area contributed by atoms with Gasteiger partial charge >= 0.3 is 0 Å². The molecule has 0 atom stereocenters. The Bertz CT molecular complexity index is 78.0. The van der Waals surface area contributed by atoms with Crippen molar-refractivity contribution in [2.45, 2.75) is 0 Å². The number of furan rings is 1. The fourth-order valence-electron chi connectivity index (χ4n) is 0.227. The minimum absolute atomic E-state index is 1.00. The Hall–Kier alpha value is -0.840. The maximum atomic E-state index is 7.00. The second-order valence-electron chi connectivity index (χ2n) is 1.20. The summed E-state index contributed by atoms with van der Waals surface area (Å²) in [5.41, 5.74) is 0. The molecule has 1 aromatic heterocycles. The molecule has 0 fully saturated rings. The highest BCUT2D eigenvalue weighted by Gasteiger charge is 1.58. The molecule has 0 radical (unpaired) electrons. The largest absolute Gasteiger partial charge is 0.473 e. The van der Waals surface area contributed by atoms with Crippen LogP contribution in [-0.4, -0.2) is 38.7 Å². The van der Waals surface area contributed by atoms with Crippen molar-refractivity contribution in [3.05, 3.63) is 24.7 Å². The zero-order valence-electron chi connectivity index (χ0n) is 8.02. The second kappa shape index (κ2) is 32.0. The topological polar surface area (TPSA) is 62.8 Å². The lowest BCUT2D eigenvalue weighted by molar-refractivity contribution is 0.277. The van der Waals surface area contributed by atoms with Gasteiger partial charge in [0.05, 0.1) is 12.5 Å². The normalized spacial score (nSPS) is 5.83. The zero-order valence-corrected chi connectivity index (χ0v) is 8.02. The summed E-state index contributed by atoms with van der Waals surface area (Å²) < 4.78 is 8.83. The molecule has 0 saturated carbocycles. The van der Waals surface area contributed by atoms with Gasteiger partial charge in [-0.2, -0.15) is 0 Å². The van der Waals surface area contributed by atoms with Crippen LogP contribution in [-0.2, 0) is 4.74 Å². The quantitative estimate of drug-likeness (QED) is 0.615. The third-order valence-corrected chi connectivity index (χ3v) is 0.425. The number of hydrogen-bond acceptors (Lipinski definition) is 4. The molecule has 0 aliphatic heterocycles. The van der Waals surface area contributed by atoms with E-state index in [1.807, 2.05) is 12.1 Å². The fraction of sp³-hybridized carbons (Fsp3) is 0.500. The van der Waals surface area contributed by atoms with Gasteiger partial charge in [0.1, 0.15) is 0 Å². The SMILES string of the molecule is CO.CO.COC.c1ccoc1. The highest BCUT2D eigenvalue weighted by Crippen LogP contribution is 1.79. The van der Waals surface area contributed by atoms with E-state index in [2.05, 4.69) is 9.15 Å². The van der Waals surface area contributed by atoms with Crippen LogP contribution in [0.25, 0.3) is 0 Å². The Balaban J connectivity index is -0.000000102. The van der Waals surface area contributed by atoms with E-state index in [0.29, 0.717) is 0 Å². The van der Waals surface area contributed by atoms with Gasteiger partial charge in [-0.15, -0.1) is 0 Å². The lowest BCUT2D eigenvalue weighted by atomic mass is 10.7. The monoisotopic (exact) mass is 178 g/mol. The lowest BCUT2D eigenvalue weighted by Gasteiger charge is -1.61. The molecule has 4 nitrogen and oxygen atoms in total. The van der Waals surface area contributed by atoms with Crippen LogP contribution in [0.1, 0.15) is 0 Å². The summed E-state index contributed by atoms with van der Waals surface area (Å²) in [6, 6.07) is 3.67. The molecule has 0 aromatic carbocycles. The van der Waals surface area contributed by atoms with Crippen molar-refractivity contribution < 1.29 is 19.4 Å². The molecular formula is C8H18O4. The van der Waals surface area contributed by atoms with Crippen molar-refractivity contribution >= 4 is 0 Å². The van der Waals surface area contributed by atoms with Crippen LogP contribution >= 0.6 is 0 Å². The molecule has 0 saturated heterocycles. The first-order valence-corrected chi connectivity index (χ1v) is 3.18. The first kappa shape index (κ1) is 17.3. The molecule has 1 aromatic rings. The highest BCUT2D eigenvalue weighted by atomic mass is 16.4. The van der Waals surface area contributed by atoms with Gasteiger partial charge in [0.25, 0.3) is 0 Å². The summed E-state index contributed by atoms with van der Waals surface area (Å²) in [5, 5.41) is 14.0. The number of ether oxygens (including phenoxy) is 1. The van der Waals surface area contributed by atoms with Crippen molar-refractivity contribution in [1.29, 1.82) is 0 Å². The summed E-state index contributed by atoms with van der Waals surface area (Å²) in [6.45, 7) is 0. The Kier molecular flexibility index (Phi) is 46.2. The van der Waals surface area contributed by atoms with Gasteiger partial charge in [0, 0.05) is 28.4 Å². The Morgan fingerprint density at radius 1 is 0.917 bits per heavy atom. The minimum atomic E-state index is 1.00. The summed E-state index contributed by atoms with van der Waals surface area (Å²) >= 11 is 0. The first-order valence-electron chi connectivity index (χ1n) is 3.18. The fourth-order valence-corrected chi connectivity index (χ4v) is 0.227. The van der Waals surface area contributed by atoms with Crippen molar-refractivity contribution in [3.63, 3.8) is 0 Å². The number of aliphatic hydroxyl groups excluding tert-OH is 2. The van der Waals surface area contributed by atoms with Crippen molar-refractivity contribution in [2.75, 3.05) is 28.4 Å². The maximum Gasteiger partial charge on any atom is 0.0902 e. The second-order valence-corrected chi connectivity index (χ2v) is 1.20. The van der Waals surface area contributed by atoms with E-state index in [4.69, 9.17) is 10.2 Å². The molecule has 0 aliphatic rings. The first-order chi connectivity index (χ1) is 5.91. The van der Waals surface area contributed by atoms with E-state index in [0.717, 1.165) is 14.2 Å². The Morgan fingerprint density at radius 2 is 1.17 bits per heavy atom. The van der Waals surface area contributed by atoms with E-state index in [1.165, 1.54) is 0 Å². The van der Waals surface area contributed by atoms with Gasteiger partial charge in [-0.3, -0.25) is 0 Å². The highest BCUT2D eigenvalue weighted by molar-refractivity contribution is 4.79. The van der Waals surface area contributed by atoms with E-state index >= 15 is 0 Å². The van der Waals surface area contributed by atoms with Crippen LogP contribution in [0.2, 0.25) is 0 Å². The summed E-state index contributed by atoms with van der Waals surface area (Å²) in [5.74, 6) is 0. The summed E-state index contributed by atoms with van der Waals surface area (Å²) in [4.78, 5) is 0. The molecule has 0 unspecified atom stereocenters. The molecule has 1 rings (SSSR count). The van der Waals surface area contributed by atoms with Crippen LogP contribution in [0.5, 0.6) is 0 Å². The predicted octanol–water partition coefficient (Wildman–Crippen LogP) is 0.759. The Morgan fingerprint density at radius 3 is 1.25 bits per heavy atom. The molecule has 0 bridgehead atoms. The molecule has 2 N–H and O–H groups in total. The molecule has 0 amide bonds. The van der Waals surface area contributed by atoms with Crippen LogP contribution in [0, 0.1) is 0 Å². The van der Waals surface area contributed by atoms with Gasteiger partial charge in [0.2, 0.25) is 0 Å². The maximum absolute atomic E-state index is 7.00. The number of aliphatic hydroxyl groups is 2. The van der Waals surface area contributed by atoms with Crippen LogP contribution in [0.3, 0.4) is 0 Å². The van der Waals surface area contributed by atoms with Crippen molar-refractivity contribution in [2.24, 2.45) is 0 Å². The molecule has 74 valence electrons.